The number of ether oxygens (including phenoxy) is 1. The number of carbonyl (C=O) groups is 2. The molecule has 1 atom stereocenters. The highest BCUT2D eigenvalue weighted by atomic mass is 35.5. The number of aromatic nitrogens is 6. The smallest absolute Gasteiger partial charge is 0.157 e. The van der Waals surface area contributed by atoms with E-state index in [4.69, 9.17) is 37.8 Å². The Balaban J connectivity index is 0.000000666. The average Bonchev–Trinajstić information content (AvgIpc) is 3.93. The Hall–Kier alpha value is -5.05. The van der Waals surface area contributed by atoms with E-state index in [0.717, 1.165) is 103 Å². The van der Waals surface area contributed by atoms with Gasteiger partial charge in [-0.2, -0.15) is 10.2 Å². The van der Waals surface area contributed by atoms with Crippen molar-refractivity contribution in [2.75, 3.05) is 72.3 Å². The molecule has 4 heterocycles. The van der Waals surface area contributed by atoms with Gasteiger partial charge in [-0.3, -0.25) is 9.36 Å². The van der Waals surface area contributed by atoms with Gasteiger partial charge in [0.2, 0.25) is 0 Å². The van der Waals surface area contributed by atoms with Crippen LogP contribution in [-0.4, -0.2) is 119 Å². The monoisotopic (exact) mass is 898 g/mol. The third kappa shape index (κ3) is 12.2. The van der Waals surface area contributed by atoms with Crippen molar-refractivity contribution in [2.45, 2.75) is 59.4 Å². The number of allylic oxidation sites excluding steroid dienone is 2. The van der Waals surface area contributed by atoms with Crippen LogP contribution in [0.15, 0.2) is 42.9 Å². The molecule has 0 radical (unpaired) electrons. The second-order valence-electron chi connectivity index (χ2n) is 16.4. The van der Waals surface area contributed by atoms with Crippen molar-refractivity contribution in [1.82, 2.24) is 44.2 Å². The van der Waals surface area contributed by atoms with E-state index >= 15 is 0 Å². The molecular formula is C48H64Cl2N10O3. The Morgan fingerprint density at radius 3 is 2.22 bits per heavy atom. The van der Waals surface area contributed by atoms with Gasteiger partial charge in [0, 0.05) is 98.6 Å². The molecule has 0 amide bonds. The zero-order valence-electron chi connectivity index (χ0n) is 38.4. The summed E-state index contributed by atoms with van der Waals surface area (Å²) < 4.78 is 12.0. The maximum absolute atomic E-state index is 11.8. The summed E-state index contributed by atoms with van der Waals surface area (Å²) in [5, 5.41) is 17.8. The minimum atomic E-state index is 0.0171. The van der Waals surface area contributed by atoms with Crippen molar-refractivity contribution >= 4 is 59.7 Å². The fraction of sp³-hybridized carbons (Fsp3) is 0.438. The molecule has 1 saturated heterocycles. The van der Waals surface area contributed by atoms with Gasteiger partial charge in [0.05, 0.1) is 29.6 Å². The first-order chi connectivity index (χ1) is 30.3. The number of aldehydes is 1. The summed E-state index contributed by atoms with van der Waals surface area (Å²) in [7, 11) is 10.1. The predicted molar refractivity (Wildman–Crippen MR) is 258 cm³/mol. The minimum Gasteiger partial charge on any atom is -0.494 e. The molecular weight excluding hydrogens is 836 g/mol. The molecule has 7 rings (SSSR count). The number of hydrogen-bond acceptors (Lipinski definition) is 10. The fourth-order valence-corrected chi connectivity index (χ4v) is 8.51. The molecule has 15 heteroatoms. The Kier molecular flexibility index (Phi) is 17.9. The normalized spacial score (nSPS) is 15.3. The lowest BCUT2D eigenvalue weighted by Gasteiger charge is -2.28. The molecule has 1 fully saturated rings. The first kappa shape index (κ1) is 49.0. The zero-order valence-corrected chi connectivity index (χ0v) is 39.9. The number of fused-ring (bicyclic) bond motifs is 1. The molecule has 0 bridgehead atoms. The van der Waals surface area contributed by atoms with E-state index in [-0.39, 0.29) is 12.5 Å². The van der Waals surface area contributed by atoms with Gasteiger partial charge in [0.25, 0.3) is 0 Å². The number of hydrogen-bond donors (Lipinski definition) is 2. The van der Waals surface area contributed by atoms with Crippen LogP contribution >= 0.6 is 23.2 Å². The Morgan fingerprint density at radius 1 is 0.952 bits per heavy atom. The average molecular weight is 900 g/mol. The quantitative estimate of drug-likeness (QED) is 0.0794. The lowest BCUT2D eigenvalue weighted by molar-refractivity contribution is -0.108. The van der Waals surface area contributed by atoms with Crippen LogP contribution in [0.25, 0.3) is 28.9 Å². The number of likely N-dealkylation sites (N-methyl/N-ethyl adjacent to an activating group) is 3. The maximum atomic E-state index is 11.8. The first-order valence-electron chi connectivity index (χ1n) is 21.5. The molecule has 13 nitrogen and oxygen atoms in total. The number of halogens is 2. The van der Waals surface area contributed by atoms with Gasteiger partial charge in [0.15, 0.2) is 5.82 Å². The van der Waals surface area contributed by atoms with Gasteiger partial charge in [-0.25, -0.2) is 4.98 Å². The highest BCUT2D eigenvalue weighted by Gasteiger charge is 2.26. The number of aryl methyl sites for hydroxylation is 5. The SMILES string of the molecule is C=O.CN1CCN(C)CC1.CNCCNc1c(/C(=C/c2cn(CC=O)c3c2CC(c2ncn(C)n2)C=C3)CCCOc2cc(C)c(Cl)c(C)c2)ccc(Cl)c1-c1c(C)nn(C)c1C. The van der Waals surface area contributed by atoms with Crippen LogP contribution in [0.3, 0.4) is 0 Å². The van der Waals surface area contributed by atoms with Crippen LogP contribution in [0.5, 0.6) is 5.75 Å². The molecule has 0 spiro atoms. The third-order valence-electron chi connectivity index (χ3n) is 11.7. The van der Waals surface area contributed by atoms with Gasteiger partial charge in [-0.1, -0.05) is 35.3 Å². The Labute approximate surface area is 383 Å². The topological polar surface area (TPSA) is 127 Å². The van der Waals surface area contributed by atoms with Crippen LogP contribution in [0.1, 0.15) is 69.5 Å². The molecule has 3 aromatic heterocycles. The molecule has 1 aliphatic carbocycles. The van der Waals surface area contributed by atoms with E-state index in [1.54, 1.807) is 11.0 Å². The van der Waals surface area contributed by atoms with E-state index in [0.29, 0.717) is 31.0 Å². The van der Waals surface area contributed by atoms with Gasteiger partial charge >= 0.3 is 0 Å². The zero-order chi connectivity index (χ0) is 45.8. The van der Waals surface area contributed by atoms with Crippen LogP contribution in [0.2, 0.25) is 10.0 Å². The number of anilines is 1. The second-order valence-corrected chi connectivity index (χ2v) is 17.1. The molecule has 2 N–H and O–H groups in total. The lowest BCUT2D eigenvalue weighted by atomic mass is 9.88. The van der Waals surface area contributed by atoms with E-state index in [9.17, 15) is 4.79 Å². The van der Waals surface area contributed by atoms with E-state index in [1.807, 2.05) is 76.2 Å². The number of piperazine rings is 1. The van der Waals surface area contributed by atoms with Crippen molar-refractivity contribution in [3.05, 3.63) is 104 Å². The van der Waals surface area contributed by atoms with Crippen LogP contribution in [0.4, 0.5) is 5.69 Å². The number of carbonyl (C=O) groups excluding carboxylic acids is 2. The highest BCUT2D eigenvalue weighted by Crippen LogP contribution is 2.44. The molecule has 2 aliphatic rings. The maximum Gasteiger partial charge on any atom is 0.157 e. The van der Waals surface area contributed by atoms with Crippen molar-refractivity contribution in [3.63, 3.8) is 0 Å². The van der Waals surface area contributed by atoms with Crippen molar-refractivity contribution in [2.24, 2.45) is 14.1 Å². The molecule has 338 valence electrons. The third-order valence-corrected chi connectivity index (χ3v) is 12.6. The molecule has 1 aliphatic heterocycles. The standard InChI is InChI=1S/C41H48Cl2N8O2.C6H14N2.CH2O/c1-25-19-32(20-26(2)39(25)43)53-18-8-9-29(21-31-23-51(16-17-52)36-13-10-30(22-34(31)36)41-46-24-49(6)48-41)33-11-12-35(42)38(40(33)45-15-14-44-5)37-27(3)47-50(7)28(37)4;1-7-3-5-8(2)6-4-7;1-2/h10-13,17,19-21,23-24,30,44-45H,8-9,14-16,18,22H2,1-7H3;3-6H2,1-2H3;1H2/b29-21+;;. The van der Waals surface area contributed by atoms with Crippen molar-refractivity contribution < 1.29 is 14.3 Å². The summed E-state index contributed by atoms with van der Waals surface area (Å²) >= 11 is 13.6. The van der Waals surface area contributed by atoms with Gasteiger partial charge in [0.1, 0.15) is 25.2 Å². The van der Waals surface area contributed by atoms with Crippen molar-refractivity contribution in [1.29, 1.82) is 0 Å². The molecule has 63 heavy (non-hydrogen) atoms. The fourth-order valence-electron chi connectivity index (χ4n) is 8.15. The molecule has 5 aromatic rings. The summed E-state index contributed by atoms with van der Waals surface area (Å²) in [6.45, 7) is 17.3. The summed E-state index contributed by atoms with van der Waals surface area (Å²) in [4.78, 5) is 29.1. The van der Waals surface area contributed by atoms with E-state index in [1.165, 1.54) is 26.2 Å². The molecule has 0 saturated carbocycles. The van der Waals surface area contributed by atoms with Crippen LogP contribution in [-0.2, 0) is 36.6 Å². The first-order valence-corrected chi connectivity index (χ1v) is 22.2. The van der Waals surface area contributed by atoms with Gasteiger partial charge in [-0.15, -0.1) is 0 Å². The number of benzene rings is 2. The number of nitrogens with zero attached hydrogens (tertiary/aromatic N) is 8. The van der Waals surface area contributed by atoms with Gasteiger partial charge < -0.3 is 39.3 Å². The van der Waals surface area contributed by atoms with Gasteiger partial charge in [-0.05, 0) is 126 Å². The van der Waals surface area contributed by atoms with Crippen LogP contribution < -0.4 is 15.4 Å². The largest absolute Gasteiger partial charge is 0.494 e. The summed E-state index contributed by atoms with van der Waals surface area (Å²) in [6, 6.07) is 8.08. The lowest BCUT2D eigenvalue weighted by Crippen LogP contribution is -2.42. The summed E-state index contributed by atoms with van der Waals surface area (Å²) in [5.74, 6) is 1.60. The Bertz CT molecular complexity index is 2360. The minimum absolute atomic E-state index is 0.0171. The van der Waals surface area contributed by atoms with E-state index < -0.39 is 0 Å². The van der Waals surface area contributed by atoms with E-state index in [2.05, 4.69) is 82.0 Å². The summed E-state index contributed by atoms with van der Waals surface area (Å²) in [5.41, 5.74) is 12.2. The highest BCUT2D eigenvalue weighted by molar-refractivity contribution is 6.34. The summed E-state index contributed by atoms with van der Waals surface area (Å²) in [6.07, 6.45) is 13.5. The predicted octanol–water partition coefficient (Wildman–Crippen LogP) is 7.82. The number of nitrogens with one attached hydrogen (secondary N) is 2. The van der Waals surface area contributed by atoms with Crippen LogP contribution in [0, 0.1) is 27.7 Å². The molecule has 1 unspecified atom stereocenters. The van der Waals surface area contributed by atoms with Crippen molar-refractivity contribution in [3.8, 4) is 16.9 Å². The molecule has 2 aromatic carbocycles. The Morgan fingerprint density at radius 2 is 1.63 bits per heavy atom. The second kappa shape index (κ2) is 23.0. The number of rotatable bonds is 15.